The molecule has 3 heterocycles. The second-order valence-electron chi connectivity index (χ2n) is 5.35. The topological polar surface area (TPSA) is 32.7 Å². The average molecular weight is 338 g/mol. The van der Waals surface area contributed by atoms with Crippen molar-refractivity contribution < 1.29 is 4.79 Å². The quantitative estimate of drug-likeness (QED) is 0.675. The molecule has 1 amide bonds. The summed E-state index contributed by atoms with van der Waals surface area (Å²) in [4.78, 5) is 12.9. The fraction of sp³-hybridized carbons (Fsp3) is 0.111. The summed E-state index contributed by atoms with van der Waals surface area (Å²) in [5.74, 6) is -0.0490. The van der Waals surface area contributed by atoms with Gasteiger partial charge in [0.1, 0.15) is 0 Å². The number of amides is 1. The highest BCUT2D eigenvalue weighted by Gasteiger charge is 2.33. The molecule has 0 radical (unpaired) electrons. The number of carbonyl (C=O) groups is 1. The van der Waals surface area contributed by atoms with Crippen molar-refractivity contribution in [3.63, 3.8) is 0 Å². The molecule has 1 atom stereocenters. The van der Waals surface area contributed by atoms with Crippen LogP contribution >= 0.6 is 22.7 Å². The third-order valence-corrected chi connectivity index (χ3v) is 5.31. The van der Waals surface area contributed by atoms with Crippen molar-refractivity contribution in [3.05, 3.63) is 80.7 Å². The van der Waals surface area contributed by atoms with Crippen molar-refractivity contribution in [3.8, 4) is 0 Å². The maximum Gasteiger partial charge on any atom is 0.274 e. The number of carbonyl (C=O) groups excluding carboxylic acids is 1. The van der Waals surface area contributed by atoms with Gasteiger partial charge in [-0.3, -0.25) is 4.79 Å². The van der Waals surface area contributed by atoms with E-state index in [1.165, 1.54) is 0 Å². The Hall–Kier alpha value is -2.24. The van der Waals surface area contributed by atoms with E-state index in [4.69, 9.17) is 0 Å². The average Bonchev–Trinajstić information content (AvgIpc) is 3.34. The molecule has 2 aromatic heterocycles. The van der Waals surface area contributed by atoms with Gasteiger partial charge in [-0.15, -0.1) is 0 Å². The van der Waals surface area contributed by atoms with E-state index in [2.05, 4.69) is 28.0 Å². The van der Waals surface area contributed by atoms with Gasteiger partial charge in [0.2, 0.25) is 0 Å². The Morgan fingerprint density at radius 1 is 1.04 bits per heavy atom. The molecule has 5 heteroatoms. The monoisotopic (exact) mass is 338 g/mol. The Bertz CT molecular complexity index is 823. The highest BCUT2D eigenvalue weighted by molar-refractivity contribution is 7.08. The molecule has 0 spiro atoms. The molecule has 1 aliphatic rings. The molecule has 3 aromatic rings. The standard InChI is InChI=1S/C18H14N2OS2/c21-18(13-4-2-1-3-5-13)20-17(15-7-9-23-12-15)10-16(19-20)14-6-8-22-11-14/h1-9,11-12,17H,10H2/t17-/m1/s1. The van der Waals surface area contributed by atoms with Crippen LogP contribution in [0.4, 0.5) is 0 Å². The third kappa shape index (κ3) is 2.73. The van der Waals surface area contributed by atoms with Gasteiger partial charge in [-0.25, -0.2) is 5.01 Å². The van der Waals surface area contributed by atoms with E-state index >= 15 is 0 Å². The highest BCUT2D eigenvalue weighted by Crippen LogP contribution is 2.35. The van der Waals surface area contributed by atoms with Gasteiger partial charge in [0.05, 0.1) is 11.8 Å². The van der Waals surface area contributed by atoms with Crippen molar-refractivity contribution in [1.82, 2.24) is 5.01 Å². The zero-order valence-electron chi connectivity index (χ0n) is 12.3. The first-order valence-electron chi connectivity index (χ1n) is 7.33. The molecule has 1 aromatic carbocycles. The fourth-order valence-corrected chi connectivity index (χ4v) is 4.11. The lowest BCUT2D eigenvalue weighted by atomic mass is 10.0. The predicted octanol–water partition coefficient (Wildman–Crippen LogP) is 4.80. The van der Waals surface area contributed by atoms with Gasteiger partial charge in [0, 0.05) is 17.5 Å². The third-order valence-electron chi connectivity index (χ3n) is 3.92. The second kappa shape index (κ2) is 6.10. The van der Waals surface area contributed by atoms with Crippen LogP contribution in [0.25, 0.3) is 0 Å². The van der Waals surface area contributed by atoms with Crippen LogP contribution in [0.3, 0.4) is 0 Å². The molecule has 0 saturated heterocycles. The molecule has 0 fully saturated rings. The van der Waals surface area contributed by atoms with Gasteiger partial charge in [-0.1, -0.05) is 18.2 Å². The van der Waals surface area contributed by atoms with Gasteiger partial charge in [0.15, 0.2) is 0 Å². The molecule has 4 rings (SSSR count). The number of nitrogens with zero attached hydrogens (tertiary/aromatic N) is 2. The van der Waals surface area contributed by atoms with Crippen LogP contribution in [-0.4, -0.2) is 16.6 Å². The van der Waals surface area contributed by atoms with Crippen LogP contribution in [0.2, 0.25) is 0 Å². The lowest BCUT2D eigenvalue weighted by Gasteiger charge is -2.21. The van der Waals surface area contributed by atoms with Crippen molar-refractivity contribution in [2.45, 2.75) is 12.5 Å². The number of hydrazone groups is 1. The molecular formula is C18H14N2OS2. The molecule has 0 bridgehead atoms. The van der Waals surface area contributed by atoms with Gasteiger partial charge in [-0.2, -0.15) is 27.8 Å². The SMILES string of the molecule is O=C(c1ccccc1)N1N=C(c2ccsc2)C[C@@H]1c1ccsc1. The summed E-state index contributed by atoms with van der Waals surface area (Å²) in [5.41, 5.74) is 3.90. The summed E-state index contributed by atoms with van der Waals surface area (Å²) in [6.45, 7) is 0. The van der Waals surface area contributed by atoms with Crippen molar-refractivity contribution in [2.24, 2.45) is 5.10 Å². The molecular weight excluding hydrogens is 324 g/mol. The Morgan fingerprint density at radius 3 is 2.52 bits per heavy atom. The highest BCUT2D eigenvalue weighted by atomic mass is 32.1. The molecule has 3 nitrogen and oxygen atoms in total. The van der Waals surface area contributed by atoms with Gasteiger partial charge in [0.25, 0.3) is 5.91 Å². The maximum absolute atomic E-state index is 12.9. The van der Waals surface area contributed by atoms with E-state index in [-0.39, 0.29) is 11.9 Å². The van der Waals surface area contributed by atoms with E-state index in [0.29, 0.717) is 5.56 Å². The summed E-state index contributed by atoms with van der Waals surface area (Å²) in [6.07, 6.45) is 0.756. The maximum atomic E-state index is 12.9. The predicted molar refractivity (Wildman–Crippen MR) is 95.1 cm³/mol. The van der Waals surface area contributed by atoms with Crippen LogP contribution in [0.15, 0.2) is 69.1 Å². The molecule has 1 aliphatic heterocycles. The van der Waals surface area contributed by atoms with Crippen molar-refractivity contribution in [2.75, 3.05) is 0 Å². The number of hydrogen-bond donors (Lipinski definition) is 0. The number of hydrogen-bond acceptors (Lipinski definition) is 4. The Morgan fingerprint density at radius 2 is 1.83 bits per heavy atom. The zero-order chi connectivity index (χ0) is 15.6. The number of rotatable bonds is 3. The second-order valence-corrected chi connectivity index (χ2v) is 6.91. The molecule has 23 heavy (non-hydrogen) atoms. The van der Waals surface area contributed by atoms with Gasteiger partial charge in [-0.05, 0) is 51.3 Å². The number of benzene rings is 1. The van der Waals surface area contributed by atoms with Crippen molar-refractivity contribution in [1.29, 1.82) is 0 Å². The van der Waals surface area contributed by atoms with Crippen LogP contribution in [0, 0.1) is 0 Å². The van der Waals surface area contributed by atoms with Crippen LogP contribution in [0.5, 0.6) is 0 Å². The summed E-state index contributed by atoms with van der Waals surface area (Å²) < 4.78 is 0. The molecule has 0 N–H and O–H groups in total. The van der Waals surface area contributed by atoms with E-state index in [0.717, 1.165) is 23.3 Å². The largest absolute Gasteiger partial charge is 0.274 e. The number of thiophene rings is 2. The van der Waals surface area contributed by atoms with Crippen LogP contribution in [-0.2, 0) is 0 Å². The summed E-state index contributed by atoms with van der Waals surface area (Å²) in [5, 5.41) is 14.6. The van der Waals surface area contributed by atoms with Crippen molar-refractivity contribution >= 4 is 34.3 Å². The first-order valence-corrected chi connectivity index (χ1v) is 9.22. The normalized spacial score (nSPS) is 17.3. The molecule has 0 unspecified atom stereocenters. The molecule has 0 saturated carbocycles. The smallest absolute Gasteiger partial charge is 0.267 e. The Kier molecular flexibility index (Phi) is 3.81. The van der Waals surface area contributed by atoms with E-state index in [1.807, 2.05) is 41.1 Å². The lowest BCUT2D eigenvalue weighted by molar-refractivity contribution is 0.0711. The summed E-state index contributed by atoms with van der Waals surface area (Å²) >= 11 is 3.30. The first-order chi connectivity index (χ1) is 11.3. The molecule has 0 aliphatic carbocycles. The lowest BCUT2D eigenvalue weighted by Crippen LogP contribution is -2.26. The van der Waals surface area contributed by atoms with E-state index < -0.39 is 0 Å². The van der Waals surface area contributed by atoms with Gasteiger partial charge < -0.3 is 0 Å². The minimum Gasteiger partial charge on any atom is -0.267 e. The minimum absolute atomic E-state index is 0.0242. The summed E-state index contributed by atoms with van der Waals surface area (Å²) in [7, 11) is 0. The Balaban J connectivity index is 1.72. The zero-order valence-corrected chi connectivity index (χ0v) is 13.9. The minimum atomic E-state index is -0.0490. The van der Waals surface area contributed by atoms with Crippen LogP contribution in [0.1, 0.15) is 33.9 Å². The van der Waals surface area contributed by atoms with E-state index in [9.17, 15) is 4.79 Å². The first kappa shape index (κ1) is 14.4. The fourth-order valence-electron chi connectivity index (χ4n) is 2.74. The van der Waals surface area contributed by atoms with Gasteiger partial charge >= 0.3 is 0 Å². The van der Waals surface area contributed by atoms with E-state index in [1.54, 1.807) is 27.7 Å². The summed E-state index contributed by atoms with van der Waals surface area (Å²) in [6, 6.07) is 13.5. The molecule has 114 valence electrons. The Labute approximate surface area is 142 Å². The van der Waals surface area contributed by atoms with Crippen LogP contribution < -0.4 is 0 Å².